The molecule has 8 nitrogen and oxygen atoms in total. The van der Waals surface area contributed by atoms with Crippen LogP contribution in [0, 0.1) is 6.92 Å². The van der Waals surface area contributed by atoms with Gasteiger partial charge in [0.15, 0.2) is 0 Å². The Morgan fingerprint density at radius 2 is 1.54 bits per heavy atom. The number of nitrogens with one attached hydrogen (secondary N) is 2. The summed E-state index contributed by atoms with van der Waals surface area (Å²) >= 11 is 0. The molecule has 0 spiro atoms. The van der Waals surface area contributed by atoms with Crippen molar-refractivity contribution in [2.45, 2.75) is 11.8 Å². The van der Waals surface area contributed by atoms with Gasteiger partial charge in [0.25, 0.3) is 11.8 Å². The number of rotatable bonds is 4. The summed E-state index contributed by atoms with van der Waals surface area (Å²) in [5.74, 6) is -1.08. The summed E-state index contributed by atoms with van der Waals surface area (Å²) in [4.78, 5) is 24.5. The molecule has 1 saturated heterocycles. The maximum absolute atomic E-state index is 12.9. The van der Waals surface area contributed by atoms with Crippen LogP contribution in [0.15, 0.2) is 53.4 Å². The van der Waals surface area contributed by atoms with Crippen LogP contribution < -0.4 is 10.9 Å². The van der Waals surface area contributed by atoms with Gasteiger partial charge < -0.3 is 4.74 Å². The minimum atomic E-state index is -3.74. The van der Waals surface area contributed by atoms with Crippen LogP contribution in [-0.4, -0.2) is 50.8 Å². The Labute approximate surface area is 163 Å². The number of hydrogen-bond donors (Lipinski definition) is 2. The van der Waals surface area contributed by atoms with Crippen molar-refractivity contribution < 1.29 is 22.7 Å². The first-order chi connectivity index (χ1) is 13.4. The number of benzene rings is 2. The lowest BCUT2D eigenvalue weighted by Gasteiger charge is -2.26. The van der Waals surface area contributed by atoms with Crippen LogP contribution in [-0.2, 0) is 14.8 Å². The van der Waals surface area contributed by atoms with Crippen LogP contribution in [0.1, 0.15) is 26.3 Å². The second kappa shape index (κ2) is 8.51. The molecule has 2 amide bonds. The van der Waals surface area contributed by atoms with E-state index in [-0.39, 0.29) is 23.5 Å². The van der Waals surface area contributed by atoms with Crippen molar-refractivity contribution in [2.24, 2.45) is 0 Å². The molecule has 0 saturated carbocycles. The van der Waals surface area contributed by atoms with E-state index in [4.69, 9.17) is 4.74 Å². The number of hydrogen-bond acceptors (Lipinski definition) is 5. The summed E-state index contributed by atoms with van der Waals surface area (Å²) in [6, 6.07) is 12.8. The van der Waals surface area contributed by atoms with E-state index < -0.39 is 21.8 Å². The maximum atomic E-state index is 12.9. The summed E-state index contributed by atoms with van der Waals surface area (Å²) in [5, 5.41) is 0. The van der Waals surface area contributed by atoms with E-state index in [0.29, 0.717) is 24.3 Å². The zero-order valence-electron chi connectivity index (χ0n) is 15.3. The minimum absolute atomic E-state index is 0.0661. The Bertz CT molecular complexity index is 970. The molecule has 0 aromatic heterocycles. The van der Waals surface area contributed by atoms with E-state index in [1.54, 1.807) is 43.3 Å². The van der Waals surface area contributed by atoms with Gasteiger partial charge in [-0.3, -0.25) is 20.4 Å². The zero-order chi connectivity index (χ0) is 20.1. The number of hydrazine groups is 1. The molecule has 9 heteroatoms. The van der Waals surface area contributed by atoms with Gasteiger partial charge in [-0.05, 0) is 36.8 Å². The van der Waals surface area contributed by atoms with Gasteiger partial charge in [-0.2, -0.15) is 4.31 Å². The molecular weight excluding hydrogens is 382 g/mol. The third-order valence-corrected chi connectivity index (χ3v) is 6.40. The fourth-order valence-corrected chi connectivity index (χ4v) is 4.45. The molecule has 2 aromatic rings. The van der Waals surface area contributed by atoms with Gasteiger partial charge in [0.05, 0.1) is 18.1 Å². The summed E-state index contributed by atoms with van der Waals surface area (Å²) in [7, 11) is -3.74. The highest BCUT2D eigenvalue weighted by molar-refractivity contribution is 7.89. The average molecular weight is 403 g/mol. The lowest BCUT2D eigenvalue weighted by Crippen LogP contribution is -2.42. The number of nitrogens with zero attached hydrogens (tertiary/aromatic N) is 1. The number of carbonyl (C=O) groups excluding carboxylic acids is 2. The largest absolute Gasteiger partial charge is 0.379 e. The molecule has 1 fully saturated rings. The van der Waals surface area contributed by atoms with E-state index >= 15 is 0 Å². The SMILES string of the molecule is Cc1ccc(C(=O)NNC(=O)c2ccccc2)cc1S(=O)(=O)N1CCOCC1. The first-order valence-electron chi connectivity index (χ1n) is 8.74. The Morgan fingerprint density at radius 1 is 0.929 bits per heavy atom. The molecule has 0 unspecified atom stereocenters. The Kier molecular flexibility index (Phi) is 6.08. The van der Waals surface area contributed by atoms with Gasteiger partial charge in [0.1, 0.15) is 0 Å². The van der Waals surface area contributed by atoms with Gasteiger partial charge >= 0.3 is 0 Å². The van der Waals surface area contributed by atoms with Crippen molar-refractivity contribution in [1.82, 2.24) is 15.2 Å². The second-order valence-electron chi connectivity index (χ2n) is 6.27. The molecule has 0 bridgehead atoms. The predicted octanol–water partition coefficient (Wildman–Crippen LogP) is 1.09. The topological polar surface area (TPSA) is 105 Å². The molecule has 1 aliphatic heterocycles. The number of morpholine rings is 1. The molecule has 28 heavy (non-hydrogen) atoms. The first kappa shape index (κ1) is 20.0. The lowest BCUT2D eigenvalue weighted by molar-refractivity contribution is 0.0730. The first-order valence-corrected chi connectivity index (χ1v) is 10.2. The third kappa shape index (κ3) is 4.38. The zero-order valence-corrected chi connectivity index (χ0v) is 16.2. The molecule has 2 aromatic carbocycles. The Balaban J connectivity index is 1.75. The fraction of sp³-hybridized carbons (Fsp3) is 0.263. The fourth-order valence-electron chi connectivity index (χ4n) is 2.79. The lowest BCUT2D eigenvalue weighted by atomic mass is 10.1. The molecule has 148 valence electrons. The standard InChI is InChI=1S/C19H21N3O5S/c1-14-7-8-16(13-17(14)28(25,26)22-9-11-27-12-10-22)19(24)21-20-18(23)15-5-3-2-4-6-15/h2-8,13H,9-12H2,1H3,(H,20,23)(H,21,24). The van der Waals surface area contributed by atoms with Gasteiger partial charge in [-0.25, -0.2) is 8.42 Å². The number of sulfonamides is 1. The van der Waals surface area contributed by atoms with Gasteiger partial charge in [-0.1, -0.05) is 24.3 Å². The normalized spacial score (nSPS) is 15.0. The highest BCUT2D eigenvalue weighted by atomic mass is 32.2. The summed E-state index contributed by atoms with van der Waals surface area (Å²) in [5.41, 5.74) is 5.69. The second-order valence-corrected chi connectivity index (χ2v) is 8.18. The highest BCUT2D eigenvalue weighted by Crippen LogP contribution is 2.22. The molecule has 0 radical (unpaired) electrons. The Morgan fingerprint density at radius 3 is 2.18 bits per heavy atom. The molecule has 0 aliphatic carbocycles. The van der Waals surface area contributed by atoms with Crippen LogP contribution in [0.4, 0.5) is 0 Å². The highest BCUT2D eigenvalue weighted by Gasteiger charge is 2.28. The Hall–Kier alpha value is -2.75. The van der Waals surface area contributed by atoms with Gasteiger partial charge in [-0.15, -0.1) is 0 Å². The van der Waals surface area contributed by atoms with E-state index in [2.05, 4.69) is 10.9 Å². The van der Waals surface area contributed by atoms with Crippen molar-refractivity contribution in [3.8, 4) is 0 Å². The van der Waals surface area contributed by atoms with E-state index in [1.807, 2.05) is 0 Å². The van der Waals surface area contributed by atoms with Crippen molar-refractivity contribution in [2.75, 3.05) is 26.3 Å². The molecule has 0 atom stereocenters. The van der Waals surface area contributed by atoms with Gasteiger partial charge in [0, 0.05) is 24.2 Å². The van der Waals surface area contributed by atoms with E-state index in [9.17, 15) is 18.0 Å². The van der Waals surface area contributed by atoms with Crippen LogP contribution in [0.25, 0.3) is 0 Å². The van der Waals surface area contributed by atoms with Crippen LogP contribution in [0.5, 0.6) is 0 Å². The number of aryl methyl sites for hydroxylation is 1. The average Bonchev–Trinajstić information content (AvgIpc) is 2.73. The number of carbonyl (C=O) groups is 2. The van der Waals surface area contributed by atoms with Gasteiger partial charge in [0.2, 0.25) is 10.0 Å². The van der Waals surface area contributed by atoms with Crippen molar-refractivity contribution in [3.63, 3.8) is 0 Å². The van der Waals surface area contributed by atoms with Crippen LogP contribution >= 0.6 is 0 Å². The van der Waals surface area contributed by atoms with Crippen LogP contribution in [0.3, 0.4) is 0 Å². The molecule has 2 N–H and O–H groups in total. The quantitative estimate of drug-likeness (QED) is 0.744. The number of ether oxygens (including phenoxy) is 1. The monoisotopic (exact) mass is 403 g/mol. The number of amides is 2. The summed E-state index contributed by atoms with van der Waals surface area (Å²) in [6.45, 7) is 2.89. The van der Waals surface area contributed by atoms with E-state index in [0.717, 1.165) is 0 Å². The molecular formula is C19H21N3O5S. The summed E-state index contributed by atoms with van der Waals surface area (Å²) < 4.78 is 32.4. The smallest absolute Gasteiger partial charge is 0.269 e. The van der Waals surface area contributed by atoms with Crippen molar-refractivity contribution >= 4 is 21.8 Å². The summed E-state index contributed by atoms with van der Waals surface area (Å²) in [6.07, 6.45) is 0. The minimum Gasteiger partial charge on any atom is -0.379 e. The van der Waals surface area contributed by atoms with E-state index in [1.165, 1.54) is 16.4 Å². The predicted molar refractivity (Wildman–Crippen MR) is 102 cm³/mol. The maximum Gasteiger partial charge on any atom is 0.269 e. The molecule has 1 aliphatic rings. The van der Waals surface area contributed by atoms with Crippen molar-refractivity contribution in [3.05, 3.63) is 65.2 Å². The third-order valence-electron chi connectivity index (χ3n) is 4.36. The molecule has 3 rings (SSSR count). The van der Waals surface area contributed by atoms with Crippen LogP contribution in [0.2, 0.25) is 0 Å². The molecule has 1 heterocycles. The van der Waals surface area contributed by atoms with Crippen molar-refractivity contribution in [1.29, 1.82) is 0 Å².